The van der Waals surface area contributed by atoms with Gasteiger partial charge in [-0.25, -0.2) is 9.97 Å². The van der Waals surface area contributed by atoms with Gasteiger partial charge in [-0.1, -0.05) is 41.5 Å². The Morgan fingerprint density at radius 1 is 0.556 bits per heavy atom. The quantitative estimate of drug-likeness (QED) is 0.0877. The summed E-state index contributed by atoms with van der Waals surface area (Å²) in [6.07, 6.45) is -3.39. The van der Waals surface area contributed by atoms with Crippen LogP contribution in [0.3, 0.4) is 0 Å². The Labute approximate surface area is 417 Å². The molecular formula is C54H68F6N6O6. The average Bonchev–Trinajstić information content (AvgIpc) is 3.77. The maximum atomic E-state index is 12.6. The lowest BCUT2D eigenvalue weighted by atomic mass is 9.70. The van der Waals surface area contributed by atoms with Gasteiger partial charge in [-0.2, -0.15) is 0 Å². The summed E-state index contributed by atoms with van der Waals surface area (Å²) in [6.45, 7) is 20.4. The van der Waals surface area contributed by atoms with Gasteiger partial charge in [0.15, 0.2) is 0 Å². The SMILES string of the molecule is COc1cc2c(cc1C(C)(C)O)nc(Nc1ccc(OC(F)(F)F)cc1)n2[C@@H]1C[C@H](C)CC(C)(C)C1.COc1cc2c(cc1C(C)(C)O)nc(Nc1ccc(OC(F)(F)F)cc1)n2[C@H]1C[C@@H](C)CC(C)(C)C1. The van der Waals surface area contributed by atoms with Gasteiger partial charge in [0.05, 0.1) is 47.5 Å². The fraction of sp³-hybridized carbons (Fsp3) is 0.519. The van der Waals surface area contributed by atoms with Crippen molar-refractivity contribution in [3.8, 4) is 23.0 Å². The molecule has 6 aromatic rings. The topological polar surface area (TPSA) is 137 Å². The second kappa shape index (κ2) is 19.9. The number of methoxy groups -OCH3 is 2. The molecule has 4 atom stereocenters. The smallest absolute Gasteiger partial charge is 0.496 e. The summed E-state index contributed by atoms with van der Waals surface area (Å²) in [6, 6.07) is 19.0. The van der Waals surface area contributed by atoms with Crippen LogP contribution in [0.1, 0.15) is 131 Å². The molecule has 12 nitrogen and oxygen atoms in total. The number of ether oxygens (including phenoxy) is 4. The first kappa shape index (κ1) is 53.9. The van der Waals surface area contributed by atoms with Crippen LogP contribution >= 0.6 is 0 Å². The van der Waals surface area contributed by atoms with Gasteiger partial charge in [0.2, 0.25) is 11.9 Å². The number of benzene rings is 4. The standard InChI is InChI=1S/2C27H34F3N3O3/c2*1-16-11-18(15-25(2,3)14-16)33-22-13-23(35-6)20(26(4,5)34)12-21(22)32-24(33)31-17-7-9-19(10-8-17)36-27(28,29)30/h2*7-10,12-13,16,18,34H,11,14-15H2,1-6H3,(H,31,32)/t2*16-,18+/m10/s1. The Morgan fingerprint density at radius 2 is 0.889 bits per heavy atom. The predicted molar refractivity (Wildman–Crippen MR) is 268 cm³/mol. The molecule has 2 aliphatic rings. The van der Waals surface area contributed by atoms with Gasteiger partial charge in [-0.3, -0.25) is 0 Å². The minimum Gasteiger partial charge on any atom is -0.496 e. The second-order valence-electron chi connectivity index (χ2n) is 22.3. The van der Waals surface area contributed by atoms with Crippen LogP contribution < -0.4 is 29.6 Å². The first-order valence-electron chi connectivity index (χ1n) is 24.2. The maximum absolute atomic E-state index is 12.6. The van der Waals surface area contributed by atoms with Crippen LogP contribution in [-0.4, -0.2) is 56.3 Å². The van der Waals surface area contributed by atoms with Crippen molar-refractivity contribution in [2.75, 3.05) is 24.9 Å². The second-order valence-corrected chi connectivity index (χ2v) is 22.3. The van der Waals surface area contributed by atoms with Crippen molar-refractivity contribution in [1.82, 2.24) is 19.1 Å². The van der Waals surface area contributed by atoms with Crippen molar-refractivity contribution in [3.63, 3.8) is 0 Å². The van der Waals surface area contributed by atoms with E-state index >= 15 is 0 Å². The highest BCUT2D eigenvalue weighted by molar-refractivity contribution is 5.84. The monoisotopic (exact) mass is 1010 g/mol. The number of nitrogens with zero attached hydrogens (tertiary/aromatic N) is 4. The average molecular weight is 1010 g/mol. The molecule has 392 valence electrons. The Morgan fingerprint density at radius 3 is 1.17 bits per heavy atom. The number of alkyl halides is 6. The number of rotatable bonds is 12. The van der Waals surface area contributed by atoms with Crippen molar-refractivity contribution < 1.29 is 55.5 Å². The van der Waals surface area contributed by atoms with E-state index in [-0.39, 0.29) is 34.4 Å². The number of fused-ring (bicyclic) bond motifs is 2. The van der Waals surface area contributed by atoms with Crippen molar-refractivity contribution in [2.45, 2.75) is 144 Å². The van der Waals surface area contributed by atoms with E-state index in [2.05, 4.69) is 70.8 Å². The molecule has 2 fully saturated rings. The van der Waals surface area contributed by atoms with E-state index in [0.29, 0.717) is 68.8 Å². The molecule has 72 heavy (non-hydrogen) atoms. The summed E-state index contributed by atoms with van der Waals surface area (Å²) in [5.74, 6) is 2.76. The summed E-state index contributed by atoms with van der Waals surface area (Å²) in [5.41, 5.74) is 3.57. The zero-order valence-electron chi connectivity index (χ0n) is 43.1. The molecule has 0 saturated heterocycles. The van der Waals surface area contributed by atoms with E-state index in [4.69, 9.17) is 19.4 Å². The Kier molecular flexibility index (Phi) is 14.9. The van der Waals surface area contributed by atoms with Crippen LogP contribution in [0.2, 0.25) is 0 Å². The lowest BCUT2D eigenvalue weighted by molar-refractivity contribution is -0.275. The molecule has 2 aliphatic carbocycles. The third kappa shape index (κ3) is 13.0. The van der Waals surface area contributed by atoms with Gasteiger partial charge < -0.3 is 48.9 Å². The van der Waals surface area contributed by atoms with E-state index in [1.807, 2.05) is 24.3 Å². The number of hydrogen-bond acceptors (Lipinski definition) is 10. The molecule has 0 amide bonds. The molecule has 0 bridgehead atoms. The van der Waals surface area contributed by atoms with Gasteiger partial charge in [0.25, 0.3) is 0 Å². The third-order valence-corrected chi connectivity index (χ3v) is 13.5. The van der Waals surface area contributed by atoms with Gasteiger partial charge in [-0.05, 0) is 150 Å². The molecule has 2 saturated carbocycles. The first-order chi connectivity index (χ1) is 33.3. The number of nitrogens with one attached hydrogen (secondary N) is 2. The molecule has 0 spiro atoms. The fourth-order valence-corrected chi connectivity index (χ4v) is 11.2. The molecule has 0 unspecified atom stereocenters. The lowest BCUT2D eigenvalue weighted by Crippen LogP contribution is -2.29. The maximum Gasteiger partial charge on any atom is 0.573 e. The van der Waals surface area contributed by atoms with Crippen LogP contribution in [0.25, 0.3) is 22.1 Å². The third-order valence-electron chi connectivity index (χ3n) is 13.5. The van der Waals surface area contributed by atoms with E-state index in [1.54, 1.807) is 41.9 Å². The van der Waals surface area contributed by atoms with E-state index in [9.17, 15) is 36.6 Å². The van der Waals surface area contributed by atoms with Crippen molar-refractivity contribution in [2.24, 2.45) is 22.7 Å². The molecule has 2 aromatic heterocycles. The summed E-state index contributed by atoms with van der Waals surface area (Å²) < 4.78 is 99.0. The molecule has 4 aromatic carbocycles. The van der Waals surface area contributed by atoms with Crippen LogP contribution in [0.15, 0.2) is 72.8 Å². The first-order valence-corrected chi connectivity index (χ1v) is 24.2. The molecular weight excluding hydrogens is 943 g/mol. The number of aromatic nitrogens is 4. The molecule has 8 rings (SSSR count). The summed E-state index contributed by atoms with van der Waals surface area (Å²) >= 11 is 0. The highest BCUT2D eigenvalue weighted by atomic mass is 19.4. The molecule has 4 N–H and O–H groups in total. The number of imidazole rings is 2. The Balaban J connectivity index is 0.000000211. The van der Waals surface area contributed by atoms with Gasteiger partial charge >= 0.3 is 12.7 Å². The van der Waals surface area contributed by atoms with Crippen molar-refractivity contribution in [1.29, 1.82) is 0 Å². The zero-order chi connectivity index (χ0) is 52.9. The van der Waals surface area contributed by atoms with Gasteiger partial charge in [-0.15, -0.1) is 26.3 Å². The van der Waals surface area contributed by atoms with Gasteiger partial charge in [0, 0.05) is 46.7 Å². The molecule has 2 heterocycles. The minimum absolute atomic E-state index is 0.143. The number of halogens is 6. The Hall–Kier alpha value is -5.88. The molecule has 0 aliphatic heterocycles. The fourth-order valence-electron chi connectivity index (χ4n) is 11.2. The lowest BCUT2D eigenvalue weighted by Gasteiger charge is -2.40. The predicted octanol–water partition coefficient (Wildman–Crippen LogP) is 14.6. The normalized spacial score (nSPS) is 20.4. The summed E-state index contributed by atoms with van der Waals surface area (Å²) in [4.78, 5) is 9.72. The van der Waals surface area contributed by atoms with Crippen LogP contribution in [0.5, 0.6) is 23.0 Å². The van der Waals surface area contributed by atoms with E-state index < -0.39 is 23.9 Å². The molecule has 18 heteroatoms. The number of hydrogen-bond donors (Lipinski definition) is 4. The molecule has 0 radical (unpaired) electrons. The van der Waals surface area contributed by atoms with Crippen LogP contribution in [0, 0.1) is 22.7 Å². The number of anilines is 4. The summed E-state index contributed by atoms with van der Waals surface area (Å²) in [7, 11) is 3.15. The van der Waals surface area contributed by atoms with E-state index in [1.165, 1.54) is 48.5 Å². The highest BCUT2D eigenvalue weighted by Crippen LogP contribution is 2.49. The summed E-state index contributed by atoms with van der Waals surface area (Å²) in [5, 5.41) is 28.0. The largest absolute Gasteiger partial charge is 0.573 e. The van der Waals surface area contributed by atoms with Crippen molar-refractivity contribution in [3.05, 3.63) is 83.9 Å². The van der Waals surface area contributed by atoms with E-state index in [0.717, 1.165) is 49.6 Å². The zero-order valence-corrected chi connectivity index (χ0v) is 43.1. The minimum atomic E-state index is -4.75. The number of aliphatic hydroxyl groups is 2. The van der Waals surface area contributed by atoms with Gasteiger partial charge in [0.1, 0.15) is 23.0 Å². The van der Waals surface area contributed by atoms with Crippen molar-refractivity contribution >= 4 is 45.3 Å². The highest BCUT2D eigenvalue weighted by Gasteiger charge is 2.38. The Bertz CT molecular complexity index is 2650. The van der Waals surface area contributed by atoms with Crippen LogP contribution in [0.4, 0.5) is 49.6 Å². The van der Waals surface area contributed by atoms with Crippen LogP contribution in [-0.2, 0) is 11.2 Å².